The van der Waals surface area contributed by atoms with E-state index in [-0.39, 0.29) is 12.4 Å². The number of nitrogens with zero attached hydrogens (tertiary/aromatic N) is 3. The molecule has 15 heavy (non-hydrogen) atoms. The Bertz CT molecular complexity index is 357. The Labute approximate surface area is 86.1 Å². The number of rotatable bonds is 5. The van der Waals surface area contributed by atoms with Gasteiger partial charge in [0.15, 0.2) is 12.5 Å². The average molecular weight is 211 g/mol. The highest BCUT2D eigenvalue weighted by Gasteiger charge is 1.98. The molecule has 0 heterocycles. The van der Waals surface area contributed by atoms with E-state index < -0.39 is 5.82 Å². The lowest BCUT2D eigenvalue weighted by Gasteiger charge is -2.08. The lowest BCUT2D eigenvalue weighted by atomic mass is 10.3. The molecular weight excluding hydrogens is 201 g/mol. The summed E-state index contributed by atoms with van der Waals surface area (Å²) in [6.07, 6.45) is 0. The SMILES string of the molecule is CN(COC=O)/N=N/c1ccccc1F. The Kier molecular flexibility index (Phi) is 4.21. The second-order valence-electron chi connectivity index (χ2n) is 2.69. The molecule has 5 nitrogen and oxygen atoms in total. The van der Waals surface area contributed by atoms with Gasteiger partial charge in [-0.1, -0.05) is 17.4 Å². The molecule has 0 saturated heterocycles. The zero-order valence-corrected chi connectivity index (χ0v) is 8.13. The molecule has 1 aromatic carbocycles. The summed E-state index contributed by atoms with van der Waals surface area (Å²) < 4.78 is 17.4. The lowest BCUT2D eigenvalue weighted by Crippen LogP contribution is -2.13. The van der Waals surface area contributed by atoms with E-state index in [1.807, 2.05) is 0 Å². The summed E-state index contributed by atoms with van der Waals surface area (Å²) in [6.45, 7) is 0.274. The van der Waals surface area contributed by atoms with E-state index in [2.05, 4.69) is 15.1 Å². The van der Waals surface area contributed by atoms with Crippen LogP contribution in [-0.4, -0.2) is 25.3 Å². The van der Waals surface area contributed by atoms with E-state index in [4.69, 9.17) is 0 Å². The second-order valence-corrected chi connectivity index (χ2v) is 2.69. The van der Waals surface area contributed by atoms with Gasteiger partial charge in [-0.05, 0) is 12.1 Å². The third-order valence-electron chi connectivity index (χ3n) is 1.49. The minimum atomic E-state index is -0.453. The van der Waals surface area contributed by atoms with Gasteiger partial charge >= 0.3 is 0 Å². The maximum absolute atomic E-state index is 13.0. The van der Waals surface area contributed by atoms with Crippen molar-refractivity contribution < 1.29 is 13.9 Å². The van der Waals surface area contributed by atoms with Gasteiger partial charge in [0, 0.05) is 7.05 Å². The van der Waals surface area contributed by atoms with Gasteiger partial charge in [0.1, 0.15) is 5.69 Å². The first-order chi connectivity index (χ1) is 7.24. The first-order valence-electron chi connectivity index (χ1n) is 4.16. The fraction of sp³-hybridized carbons (Fsp3) is 0.222. The fourth-order valence-electron chi connectivity index (χ4n) is 0.821. The van der Waals surface area contributed by atoms with Crippen LogP contribution in [0.4, 0.5) is 10.1 Å². The maximum atomic E-state index is 13.0. The smallest absolute Gasteiger partial charge is 0.294 e. The van der Waals surface area contributed by atoms with Crippen LogP contribution < -0.4 is 0 Å². The van der Waals surface area contributed by atoms with Gasteiger partial charge in [-0.2, -0.15) is 0 Å². The van der Waals surface area contributed by atoms with E-state index in [1.54, 1.807) is 19.2 Å². The normalized spacial score (nSPS) is 10.3. The zero-order valence-electron chi connectivity index (χ0n) is 8.13. The molecule has 1 rings (SSSR count). The van der Waals surface area contributed by atoms with Crippen LogP contribution in [0.5, 0.6) is 0 Å². The molecule has 0 unspecified atom stereocenters. The predicted molar refractivity (Wildman–Crippen MR) is 50.7 cm³/mol. The minimum Gasteiger partial charge on any atom is -0.445 e. The van der Waals surface area contributed by atoms with Crippen molar-refractivity contribution in [3.05, 3.63) is 30.1 Å². The highest BCUT2D eigenvalue weighted by Crippen LogP contribution is 2.16. The van der Waals surface area contributed by atoms with Gasteiger partial charge in [-0.3, -0.25) is 4.79 Å². The third-order valence-corrected chi connectivity index (χ3v) is 1.49. The van der Waals surface area contributed by atoms with Crippen LogP contribution in [0.25, 0.3) is 0 Å². The molecule has 1 aromatic rings. The number of hydrogen-bond donors (Lipinski definition) is 0. The quantitative estimate of drug-likeness (QED) is 0.323. The number of carbonyl (C=O) groups excluding carboxylic acids is 1. The third kappa shape index (κ3) is 3.72. The molecule has 0 radical (unpaired) electrons. The topological polar surface area (TPSA) is 54.3 Å². The van der Waals surface area contributed by atoms with Crippen molar-refractivity contribution in [3.8, 4) is 0 Å². The molecule has 0 atom stereocenters. The molecule has 0 amide bonds. The van der Waals surface area contributed by atoms with E-state index in [1.165, 1.54) is 17.1 Å². The monoisotopic (exact) mass is 211 g/mol. The molecule has 6 heteroatoms. The molecule has 0 aliphatic carbocycles. The highest BCUT2D eigenvalue weighted by molar-refractivity contribution is 5.37. The first-order valence-corrected chi connectivity index (χ1v) is 4.16. The van der Waals surface area contributed by atoms with Gasteiger partial charge in [-0.25, -0.2) is 9.40 Å². The summed E-state index contributed by atoms with van der Waals surface area (Å²) >= 11 is 0. The zero-order chi connectivity index (χ0) is 11.1. The van der Waals surface area contributed by atoms with Crippen molar-refractivity contribution in [1.82, 2.24) is 5.01 Å². The fourth-order valence-corrected chi connectivity index (χ4v) is 0.821. The van der Waals surface area contributed by atoms with Gasteiger partial charge in [0.25, 0.3) is 6.47 Å². The molecule has 0 aromatic heterocycles. The van der Waals surface area contributed by atoms with Crippen molar-refractivity contribution in [2.45, 2.75) is 0 Å². The summed E-state index contributed by atoms with van der Waals surface area (Å²) in [7, 11) is 1.55. The van der Waals surface area contributed by atoms with Crippen LogP contribution in [-0.2, 0) is 9.53 Å². The number of halogens is 1. The van der Waals surface area contributed by atoms with Gasteiger partial charge in [-0.15, -0.1) is 5.11 Å². The van der Waals surface area contributed by atoms with Crippen molar-refractivity contribution >= 4 is 12.2 Å². The predicted octanol–water partition coefficient (Wildman–Crippen LogP) is 1.89. The standard InChI is InChI=1S/C9H10FN3O2/c1-13(6-15-7-14)12-11-9-5-3-2-4-8(9)10/h2-5,7H,6H2,1H3/b12-11+. The Morgan fingerprint density at radius 2 is 2.27 bits per heavy atom. The van der Waals surface area contributed by atoms with Crippen molar-refractivity contribution in [1.29, 1.82) is 0 Å². The molecular formula is C9H10FN3O2. The Morgan fingerprint density at radius 1 is 1.53 bits per heavy atom. The van der Waals surface area contributed by atoms with Crippen LogP contribution in [0.1, 0.15) is 0 Å². The summed E-state index contributed by atoms with van der Waals surface area (Å²) in [5.74, 6) is -0.453. The molecule has 80 valence electrons. The number of carbonyl (C=O) groups is 1. The summed E-state index contributed by atoms with van der Waals surface area (Å²) in [4.78, 5) is 9.86. The van der Waals surface area contributed by atoms with Gasteiger partial charge < -0.3 is 4.74 Å². The summed E-state index contributed by atoms with van der Waals surface area (Å²) in [5.41, 5.74) is 0.135. The number of ether oxygens (including phenoxy) is 1. The van der Waals surface area contributed by atoms with Crippen molar-refractivity contribution in [2.75, 3.05) is 13.8 Å². The van der Waals surface area contributed by atoms with E-state index in [0.29, 0.717) is 6.47 Å². The van der Waals surface area contributed by atoms with Crippen LogP contribution in [0.2, 0.25) is 0 Å². The van der Waals surface area contributed by atoms with E-state index >= 15 is 0 Å². The highest BCUT2D eigenvalue weighted by atomic mass is 19.1. The van der Waals surface area contributed by atoms with Gasteiger partial charge in [0.05, 0.1) is 0 Å². The van der Waals surface area contributed by atoms with Crippen molar-refractivity contribution in [3.63, 3.8) is 0 Å². The first kappa shape index (κ1) is 11.1. The minimum absolute atomic E-state index is 0.0263. The molecule has 0 saturated carbocycles. The Balaban J connectivity index is 2.57. The number of benzene rings is 1. The molecule has 0 spiro atoms. The van der Waals surface area contributed by atoms with Crippen LogP contribution >= 0.6 is 0 Å². The maximum Gasteiger partial charge on any atom is 0.294 e. The second kappa shape index (κ2) is 5.69. The Morgan fingerprint density at radius 3 is 2.93 bits per heavy atom. The summed E-state index contributed by atoms with van der Waals surface area (Å²) in [5, 5.41) is 8.53. The van der Waals surface area contributed by atoms with Crippen LogP contribution in [0, 0.1) is 5.82 Å². The van der Waals surface area contributed by atoms with Crippen LogP contribution in [0.15, 0.2) is 34.6 Å². The average Bonchev–Trinajstić information content (AvgIpc) is 2.25. The molecule has 0 N–H and O–H groups in total. The lowest BCUT2D eigenvalue weighted by molar-refractivity contribution is -0.132. The Hall–Kier alpha value is -1.98. The molecule has 0 bridgehead atoms. The van der Waals surface area contributed by atoms with E-state index in [9.17, 15) is 9.18 Å². The van der Waals surface area contributed by atoms with E-state index in [0.717, 1.165) is 0 Å². The molecule has 0 aliphatic rings. The molecule has 0 fully saturated rings. The van der Waals surface area contributed by atoms with Crippen molar-refractivity contribution in [2.24, 2.45) is 10.3 Å². The largest absolute Gasteiger partial charge is 0.445 e. The van der Waals surface area contributed by atoms with Gasteiger partial charge in [0.2, 0.25) is 0 Å². The summed E-state index contributed by atoms with van der Waals surface area (Å²) in [6, 6.07) is 6.00. The molecule has 0 aliphatic heterocycles. The van der Waals surface area contributed by atoms with Crippen LogP contribution in [0.3, 0.4) is 0 Å². The number of hydrogen-bond acceptors (Lipinski definition) is 4.